The third-order valence-electron chi connectivity index (χ3n) is 2.49. The van der Waals surface area contributed by atoms with Crippen molar-refractivity contribution in [2.75, 3.05) is 5.32 Å². The van der Waals surface area contributed by atoms with Crippen molar-refractivity contribution < 1.29 is 14.8 Å². The Hall–Kier alpha value is -2.18. The van der Waals surface area contributed by atoms with Gasteiger partial charge in [0.05, 0.1) is 12.1 Å². The molecule has 98 valence electrons. The van der Waals surface area contributed by atoms with Crippen molar-refractivity contribution >= 4 is 17.5 Å². The molecular weight excluding hydrogens is 238 g/mol. The van der Waals surface area contributed by atoms with Crippen LogP contribution in [-0.2, 0) is 4.79 Å². The minimum Gasteiger partial charge on any atom is -0.481 e. The fourth-order valence-corrected chi connectivity index (χ4v) is 1.44. The van der Waals surface area contributed by atoms with E-state index in [0.717, 1.165) is 0 Å². The van der Waals surface area contributed by atoms with Crippen LogP contribution >= 0.6 is 0 Å². The summed E-state index contributed by atoms with van der Waals surface area (Å²) in [5.41, 5.74) is 0.570. The van der Waals surface area contributed by atoms with Gasteiger partial charge in [-0.1, -0.05) is 13.8 Å². The Bertz CT molecular complexity index is 430. The number of carbonyl (C=O) groups is 1. The van der Waals surface area contributed by atoms with Crippen molar-refractivity contribution in [3.8, 4) is 0 Å². The van der Waals surface area contributed by atoms with Crippen molar-refractivity contribution in [1.82, 2.24) is 4.98 Å². The molecule has 1 aromatic heterocycles. The Kier molecular flexibility index (Phi) is 4.59. The SMILES string of the molecule is CC(C)C(CC(=O)O)Nc1ccc([N+](=O)[O-])nc1. The molecular formula is C11H15N3O4. The summed E-state index contributed by atoms with van der Waals surface area (Å²) in [6.07, 6.45) is 1.31. The van der Waals surface area contributed by atoms with Gasteiger partial charge in [0, 0.05) is 12.1 Å². The van der Waals surface area contributed by atoms with Gasteiger partial charge in [0.15, 0.2) is 6.20 Å². The second kappa shape index (κ2) is 5.95. The Balaban J connectivity index is 2.74. The third-order valence-corrected chi connectivity index (χ3v) is 2.49. The van der Waals surface area contributed by atoms with E-state index < -0.39 is 10.9 Å². The molecule has 0 aliphatic rings. The van der Waals surface area contributed by atoms with Crippen LogP contribution in [0.25, 0.3) is 0 Å². The van der Waals surface area contributed by atoms with Gasteiger partial charge in [-0.3, -0.25) is 4.79 Å². The molecule has 0 bridgehead atoms. The molecule has 0 aromatic carbocycles. The lowest BCUT2D eigenvalue weighted by molar-refractivity contribution is -0.389. The van der Waals surface area contributed by atoms with Crippen molar-refractivity contribution in [3.63, 3.8) is 0 Å². The van der Waals surface area contributed by atoms with E-state index in [1.807, 2.05) is 13.8 Å². The lowest BCUT2D eigenvalue weighted by atomic mass is 10.0. The monoisotopic (exact) mass is 253 g/mol. The number of carboxylic acids is 1. The van der Waals surface area contributed by atoms with Crippen LogP contribution in [0.15, 0.2) is 18.3 Å². The van der Waals surface area contributed by atoms with E-state index in [4.69, 9.17) is 5.11 Å². The molecule has 1 atom stereocenters. The highest BCUT2D eigenvalue weighted by Gasteiger charge is 2.17. The van der Waals surface area contributed by atoms with Crippen molar-refractivity contribution in [3.05, 3.63) is 28.4 Å². The van der Waals surface area contributed by atoms with Gasteiger partial charge in [-0.15, -0.1) is 0 Å². The number of nitrogens with one attached hydrogen (secondary N) is 1. The lowest BCUT2D eigenvalue weighted by Gasteiger charge is -2.20. The molecule has 1 aromatic rings. The predicted octanol–water partition coefficient (Wildman–Crippen LogP) is 1.90. The number of aromatic nitrogens is 1. The van der Waals surface area contributed by atoms with E-state index in [1.54, 1.807) is 0 Å². The maximum atomic E-state index is 10.7. The Morgan fingerprint density at radius 2 is 2.22 bits per heavy atom. The third kappa shape index (κ3) is 4.00. The first-order valence-corrected chi connectivity index (χ1v) is 5.49. The summed E-state index contributed by atoms with van der Waals surface area (Å²) in [7, 11) is 0. The highest BCUT2D eigenvalue weighted by atomic mass is 16.6. The smallest absolute Gasteiger partial charge is 0.363 e. The predicted molar refractivity (Wildman–Crippen MR) is 65.4 cm³/mol. The Morgan fingerprint density at radius 1 is 1.56 bits per heavy atom. The molecule has 18 heavy (non-hydrogen) atoms. The fourth-order valence-electron chi connectivity index (χ4n) is 1.44. The summed E-state index contributed by atoms with van der Waals surface area (Å²) in [6, 6.07) is 2.55. The standard InChI is InChI=1S/C11H15N3O4/c1-7(2)9(5-11(15)16)13-8-3-4-10(12-6-8)14(17)18/h3-4,6-7,9,13H,5H2,1-2H3,(H,15,16). The molecule has 0 fully saturated rings. The molecule has 0 amide bonds. The first-order chi connectivity index (χ1) is 8.40. The van der Waals surface area contributed by atoms with E-state index in [0.29, 0.717) is 5.69 Å². The summed E-state index contributed by atoms with van der Waals surface area (Å²) >= 11 is 0. The molecule has 2 N–H and O–H groups in total. The summed E-state index contributed by atoms with van der Waals surface area (Å²) in [4.78, 5) is 24.2. The fraction of sp³-hybridized carbons (Fsp3) is 0.455. The van der Waals surface area contributed by atoms with Gasteiger partial charge in [0.25, 0.3) is 0 Å². The first kappa shape index (κ1) is 13.9. The Labute approximate surface area is 104 Å². The summed E-state index contributed by atoms with van der Waals surface area (Å²) in [5, 5.41) is 22.2. The van der Waals surface area contributed by atoms with Gasteiger partial charge >= 0.3 is 11.8 Å². The highest BCUT2D eigenvalue weighted by Crippen LogP contribution is 2.16. The van der Waals surface area contributed by atoms with Gasteiger partial charge in [-0.2, -0.15) is 0 Å². The topological polar surface area (TPSA) is 105 Å². The molecule has 0 saturated carbocycles. The summed E-state index contributed by atoms with van der Waals surface area (Å²) < 4.78 is 0. The number of pyridine rings is 1. The summed E-state index contributed by atoms with van der Waals surface area (Å²) in [5.74, 6) is -1.01. The van der Waals surface area contributed by atoms with Gasteiger partial charge in [0.1, 0.15) is 0 Å². The van der Waals surface area contributed by atoms with Crippen LogP contribution in [0.1, 0.15) is 20.3 Å². The zero-order valence-corrected chi connectivity index (χ0v) is 10.2. The number of nitrogens with zero attached hydrogens (tertiary/aromatic N) is 2. The van der Waals surface area contributed by atoms with E-state index >= 15 is 0 Å². The van der Waals surface area contributed by atoms with Crippen molar-refractivity contribution in [1.29, 1.82) is 0 Å². The molecule has 0 spiro atoms. The maximum Gasteiger partial charge on any atom is 0.363 e. The normalized spacial score (nSPS) is 12.2. The van der Waals surface area contributed by atoms with E-state index in [-0.39, 0.29) is 24.2 Å². The van der Waals surface area contributed by atoms with E-state index in [1.165, 1.54) is 18.3 Å². The second-order valence-electron chi connectivity index (χ2n) is 4.25. The molecule has 1 unspecified atom stereocenters. The highest BCUT2D eigenvalue weighted by molar-refractivity contribution is 5.68. The van der Waals surface area contributed by atoms with Crippen LogP contribution in [0, 0.1) is 16.0 Å². The molecule has 0 aliphatic carbocycles. The average molecular weight is 253 g/mol. The number of nitro groups is 1. The van der Waals surface area contributed by atoms with Gasteiger partial charge in [0.2, 0.25) is 0 Å². The van der Waals surface area contributed by atoms with Crippen molar-refractivity contribution in [2.24, 2.45) is 5.92 Å². The van der Waals surface area contributed by atoms with Crippen LogP contribution in [0.5, 0.6) is 0 Å². The zero-order chi connectivity index (χ0) is 13.7. The van der Waals surface area contributed by atoms with Crippen LogP contribution in [0.2, 0.25) is 0 Å². The van der Waals surface area contributed by atoms with Crippen molar-refractivity contribution in [2.45, 2.75) is 26.3 Å². The largest absolute Gasteiger partial charge is 0.481 e. The molecule has 7 heteroatoms. The minimum absolute atomic E-state index is 0.0192. The number of anilines is 1. The van der Waals surface area contributed by atoms with Gasteiger partial charge < -0.3 is 20.5 Å². The number of rotatable bonds is 6. The summed E-state index contributed by atoms with van der Waals surface area (Å²) in [6.45, 7) is 3.80. The van der Waals surface area contributed by atoms with Crippen LogP contribution in [0.3, 0.4) is 0 Å². The van der Waals surface area contributed by atoms with E-state index in [2.05, 4.69) is 10.3 Å². The molecule has 1 rings (SSSR count). The second-order valence-corrected chi connectivity index (χ2v) is 4.25. The zero-order valence-electron chi connectivity index (χ0n) is 10.2. The minimum atomic E-state index is -0.893. The molecule has 7 nitrogen and oxygen atoms in total. The van der Waals surface area contributed by atoms with Crippen LogP contribution < -0.4 is 5.32 Å². The number of aliphatic carboxylic acids is 1. The first-order valence-electron chi connectivity index (χ1n) is 5.49. The number of hydrogen-bond donors (Lipinski definition) is 2. The van der Waals surface area contributed by atoms with Crippen LogP contribution in [-0.4, -0.2) is 27.0 Å². The Morgan fingerprint density at radius 3 is 2.61 bits per heavy atom. The van der Waals surface area contributed by atoms with Gasteiger partial charge in [-0.05, 0) is 21.9 Å². The quantitative estimate of drug-likeness (QED) is 0.592. The molecule has 1 heterocycles. The lowest BCUT2D eigenvalue weighted by Crippen LogP contribution is -2.28. The number of carboxylic acid groups (broad SMARTS) is 1. The maximum absolute atomic E-state index is 10.7. The molecule has 0 aliphatic heterocycles. The van der Waals surface area contributed by atoms with Crippen LogP contribution in [0.4, 0.5) is 11.5 Å². The van der Waals surface area contributed by atoms with E-state index in [9.17, 15) is 14.9 Å². The van der Waals surface area contributed by atoms with Gasteiger partial charge in [-0.25, -0.2) is 0 Å². The number of hydrogen-bond acceptors (Lipinski definition) is 5. The molecule has 0 radical (unpaired) electrons. The molecule has 0 saturated heterocycles. The average Bonchev–Trinajstić information content (AvgIpc) is 2.28.